The first-order chi connectivity index (χ1) is 11.7. The number of allylic oxidation sites excluding steroid dienone is 7. The number of nitrogens with one attached hydrogen (secondary N) is 1. The number of carbonyl (C=O) groups is 1. The van der Waals surface area contributed by atoms with Gasteiger partial charge in [-0.15, -0.1) is 0 Å². The minimum absolute atomic E-state index is 0.0607. The first kappa shape index (κ1) is 23.8. The van der Waals surface area contributed by atoms with E-state index in [2.05, 4.69) is 63.9 Å². The third kappa shape index (κ3) is 16.0. The Morgan fingerprint density at radius 3 is 1.72 bits per heavy atom. The van der Waals surface area contributed by atoms with E-state index < -0.39 is 0 Å². The number of carbonyl (C=O) groups excluding carboxylic acids is 1. The number of thiol groups is 1. The van der Waals surface area contributed by atoms with Crippen LogP contribution in [0.1, 0.15) is 80.1 Å². The molecule has 0 saturated heterocycles. The van der Waals surface area contributed by atoms with Gasteiger partial charge in [0.05, 0.1) is 5.37 Å². The van der Waals surface area contributed by atoms with Crippen molar-refractivity contribution in [2.75, 3.05) is 0 Å². The maximum Gasteiger partial charge on any atom is 0.244 e. The lowest BCUT2D eigenvalue weighted by Gasteiger charge is -2.05. The molecule has 2 nitrogen and oxygen atoms in total. The van der Waals surface area contributed by atoms with E-state index in [1.165, 1.54) is 16.7 Å². The predicted octanol–water partition coefficient (Wildman–Crippen LogP) is 6.52. The number of hydrogen-bond donors (Lipinski definition) is 2. The summed E-state index contributed by atoms with van der Waals surface area (Å²) in [5.41, 5.74) is 5.40. The van der Waals surface area contributed by atoms with Crippen molar-refractivity contribution in [1.82, 2.24) is 5.32 Å². The smallest absolute Gasteiger partial charge is 0.244 e. The van der Waals surface area contributed by atoms with Crippen LogP contribution in [0.25, 0.3) is 0 Å². The minimum Gasteiger partial charge on any atom is -0.341 e. The third-order valence-electron chi connectivity index (χ3n) is 3.88. The molecule has 1 amide bonds. The number of amides is 1. The summed E-state index contributed by atoms with van der Waals surface area (Å²) in [6.07, 6.45) is 15.1. The van der Waals surface area contributed by atoms with Crippen molar-refractivity contribution in [3.05, 3.63) is 46.6 Å². The van der Waals surface area contributed by atoms with Crippen LogP contribution >= 0.6 is 12.6 Å². The van der Waals surface area contributed by atoms with E-state index >= 15 is 0 Å². The molecule has 1 unspecified atom stereocenters. The molecule has 3 heteroatoms. The molecule has 0 rings (SSSR count). The topological polar surface area (TPSA) is 29.1 Å². The van der Waals surface area contributed by atoms with Crippen molar-refractivity contribution >= 4 is 18.5 Å². The molecule has 25 heavy (non-hydrogen) atoms. The molecule has 0 aliphatic rings. The Bertz CT molecular complexity index is 520. The van der Waals surface area contributed by atoms with Crippen molar-refractivity contribution < 1.29 is 4.79 Å². The molecular weight excluding hydrogens is 326 g/mol. The van der Waals surface area contributed by atoms with Gasteiger partial charge in [0.15, 0.2) is 0 Å². The monoisotopic (exact) mass is 363 g/mol. The van der Waals surface area contributed by atoms with Crippen LogP contribution in [-0.2, 0) is 4.79 Å². The van der Waals surface area contributed by atoms with Crippen molar-refractivity contribution in [2.45, 2.75) is 85.4 Å². The zero-order chi connectivity index (χ0) is 19.2. The molecule has 1 N–H and O–H groups in total. The van der Waals surface area contributed by atoms with Crippen LogP contribution in [0.2, 0.25) is 0 Å². The van der Waals surface area contributed by atoms with Crippen LogP contribution < -0.4 is 5.32 Å². The van der Waals surface area contributed by atoms with Crippen LogP contribution in [-0.4, -0.2) is 11.3 Å². The van der Waals surface area contributed by atoms with Gasteiger partial charge in [0.1, 0.15) is 0 Å². The standard InChI is InChI=1S/C22H37NOS/c1-17(2)10-7-11-18(3)12-8-13-19(4)14-9-15-20(5)16-22(24)23-21(6)25/h10,12,14,16,21,25H,7-9,11,13,15H2,1-6H3,(H,23,24). The van der Waals surface area contributed by atoms with Gasteiger partial charge in [0.25, 0.3) is 0 Å². The Morgan fingerprint density at radius 1 is 0.840 bits per heavy atom. The molecule has 0 spiro atoms. The highest BCUT2D eigenvalue weighted by Gasteiger charge is 2.00. The molecule has 0 bridgehead atoms. The fourth-order valence-corrected chi connectivity index (χ4v) is 2.56. The van der Waals surface area contributed by atoms with E-state index in [0.717, 1.165) is 44.1 Å². The molecule has 1 atom stereocenters. The quantitative estimate of drug-likeness (QED) is 0.186. The highest BCUT2D eigenvalue weighted by molar-refractivity contribution is 7.80. The molecule has 0 radical (unpaired) electrons. The summed E-state index contributed by atoms with van der Waals surface area (Å²) in [6.45, 7) is 12.6. The molecule has 0 saturated carbocycles. The Labute approximate surface area is 161 Å². The summed E-state index contributed by atoms with van der Waals surface area (Å²) in [5, 5.41) is 2.64. The van der Waals surface area contributed by atoms with Crippen molar-refractivity contribution in [3.63, 3.8) is 0 Å². The molecule has 142 valence electrons. The van der Waals surface area contributed by atoms with E-state index in [9.17, 15) is 4.79 Å². The van der Waals surface area contributed by atoms with E-state index in [-0.39, 0.29) is 11.3 Å². The highest BCUT2D eigenvalue weighted by atomic mass is 32.1. The normalized spacial score (nSPS) is 14.3. The second kappa shape index (κ2) is 14.0. The van der Waals surface area contributed by atoms with E-state index in [1.54, 1.807) is 6.08 Å². The summed E-state index contributed by atoms with van der Waals surface area (Å²) in [5.74, 6) is -0.0607. The summed E-state index contributed by atoms with van der Waals surface area (Å²) in [4.78, 5) is 11.6. The van der Waals surface area contributed by atoms with E-state index in [4.69, 9.17) is 0 Å². The largest absolute Gasteiger partial charge is 0.341 e. The zero-order valence-electron chi connectivity index (χ0n) is 17.0. The van der Waals surface area contributed by atoms with Crippen LogP contribution in [0.3, 0.4) is 0 Å². The predicted molar refractivity (Wildman–Crippen MR) is 115 cm³/mol. The Kier molecular flexibility index (Phi) is 13.3. The highest BCUT2D eigenvalue weighted by Crippen LogP contribution is 2.13. The maximum absolute atomic E-state index is 11.6. The molecule has 0 aliphatic carbocycles. The third-order valence-corrected chi connectivity index (χ3v) is 4.01. The van der Waals surface area contributed by atoms with Gasteiger partial charge in [-0.2, -0.15) is 12.6 Å². The van der Waals surface area contributed by atoms with Gasteiger partial charge < -0.3 is 5.32 Å². The molecule has 0 heterocycles. The lowest BCUT2D eigenvalue weighted by Crippen LogP contribution is -2.26. The average Bonchev–Trinajstić information content (AvgIpc) is 2.45. The van der Waals surface area contributed by atoms with Crippen LogP contribution in [0.15, 0.2) is 46.6 Å². The van der Waals surface area contributed by atoms with Crippen LogP contribution in [0, 0.1) is 0 Å². The van der Waals surface area contributed by atoms with Gasteiger partial charge in [-0.3, -0.25) is 4.79 Å². The Hall–Kier alpha value is -1.22. The average molecular weight is 364 g/mol. The van der Waals surface area contributed by atoms with Gasteiger partial charge >= 0.3 is 0 Å². The fraction of sp³-hybridized carbons (Fsp3) is 0.591. The van der Waals surface area contributed by atoms with E-state index in [0.29, 0.717) is 0 Å². The van der Waals surface area contributed by atoms with Crippen LogP contribution in [0.4, 0.5) is 0 Å². The SMILES string of the molecule is CC(C)=CCCC(C)=CCCC(C)=CCCC(C)=CC(=O)NC(C)S. The van der Waals surface area contributed by atoms with Gasteiger partial charge in [0, 0.05) is 6.08 Å². The van der Waals surface area contributed by atoms with E-state index in [1.807, 2.05) is 13.8 Å². The molecule has 0 aromatic carbocycles. The fourth-order valence-electron chi connectivity index (χ4n) is 2.43. The van der Waals surface area contributed by atoms with Crippen molar-refractivity contribution in [1.29, 1.82) is 0 Å². The molecule has 0 fully saturated rings. The van der Waals surface area contributed by atoms with Gasteiger partial charge in [-0.25, -0.2) is 0 Å². The van der Waals surface area contributed by atoms with Gasteiger partial charge in [-0.05, 0) is 80.1 Å². The Balaban J connectivity index is 4.11. The summed E-state index contributed by atoms with van der Waals surface area (Å²) < 4.78 is 0. The molecular formula is C22H37NOS. The maximum atomic E-state index is 11.6. The summed E-state index contributed by atoms with van der Waals surface area (Å²) >= 11 is 4.15. The lowest BCUT2D eigenvalue weighted by atomic mass is 10.0. The number of rotatable bonds is 11. The summed E-state index contributed by atoms with van der Waals surface area (Å²) in [7, 11) is 0. The molecule has 0 aliphatic heterocycles. The second-order valence-corrected chi connectivity index (χ2v) is 7.95. The number of hydrogen-bond acceptors (Lipinski definition) is 2. The first-order valence-electron chi connectivity index (χ1n) is 9.31. The van der Waals surface area contributed by atoms with Crippen molar-refractivity contribution in [2.24, 2.45) is 0 Å². The van der Waals surface area contributed by atoms with Gasteiger partial charge in [-0.1, -0.05) is 40.5 Å². The lowest BCUT2D eigenvalue weighted by molar-refractivity contribution is -0.116. The molecule has 0 aromatic rings. The Morgan fingerprint density at radius 2 is 1.28 bits per heavy atom. The zero-order valence-corrected chi connectivity index (χ0v) is 17.9. The second-order valence-electron chi connectivity index (χ2n) is 7.17. The first-order valence-corrected chi connectivity index (χ1v) is 9.82. The van der Waals surface area contributed by atoms with Crippen molar-refractivity contribution in [3.8, 4) is 0 Å². The molecule has 0 aromatic heterocycles. The van der Waals surface area contributed by atoms with Crippen LogP contribution in [0.5, 0.6) is 0 Å². The minimum atomic E-state index is -0.114. The summed E-state index contributed by atoms with van der Waals surface area (Å²) in [6, 6.07) is 0. The van der Waals surface area contributed by atoms with Gasteiger partial charge in [0.2, 0.25) is 5.91 Å².